The Morgan fingerprint density at radius 2 is 2.26 bits per heavy atom. The number of guanidine groups is 1. The van der Waals surface area contributed by atoms with E-state index in [2.05, 4.69) is 28.8 Å². The zero-order valence-electron chi connectivity index (χ0n) is 14.3. The van der Waals surface area contributed by atoms with Gasteiger partial charge in [0.05, 0.1) is 0 Å². The smallest absolute Gasteiger partial charge is 0.222 e. The highest BCUT2D eigenvalue weighted by molar-refractivity contribution is 14.0. The number of amides is 1. The van der Waals surface area contributed by atoms with Crippen LogP contribution in [0.4, 0.5) is 0 Å². The van der Waals surface area contributed by atoms with Crippen LogP contribution >= 0.6 is 35.7 Å². The summed E-state index contributed by atoms with van der Waals surface area (Å²) in [7, 11) is 0. The first-order chi connectivity index (χ1) is 10.7. The second kappa shape index (κ2) is 11.4. The average molecular weight is 454 g/mol. The van der Waals surface area contributed by atoms with Crippen LogP contribution in [0.1, 0.15) is 45.4 Å². The first-order valence-electron chi connectivity index (χ1n) is 8.58. The molecule has 0 bridgehead atoms. The highest BCUT2D eigenvalue weighted by Gasteiger charge is 2.24. The molecular formula is C16H31IN4OS. The SMILES string of the molecule is CCNC(=NCCCN1CCCC1=O)NC1CCC(SC)C1.I. The fraction of sp³-hybridized carbons (Fsp3) is 0.875. The molecule has 1 saturated carbocycles. The molecule has 7 heteroatoms. The van der Waals surface area contributed by atoms with Crippen molar-refractivity contribution in [2.45, 2.75) is 56.7 Å². The molecule has 1 aliphatic carbocycles. The summed E-state index contributed by atoms with van der Waals surface area (Å²) in [5.74, 6) is 1.24. The molecule has 2 atom stereocenters. The normalized spacial score (nSPS) is 24.7. The Bertz CT molecular complexity index is 394. The summed E-state index contributed by atoms with van der Waals surface area (Å²) in [6, 6.07) is 0.551. The number of carbonyl (C=O) groups excluding carboxylic acids is 1. The molecule has 0 aromatic heterocycles. The van der Waals surface area contributed by atoms with Crippen molar-refractivity contribution >= 4 is 47.6 Å². The van der Waals surface area contributed by atoms with Crippen molar-refractivity contribution in [2.75, 3.05) is 32.4 Å². The number of hydrogen-bond donors (Lipinski definition) is 2. The lowest BCUT2D eigenvalue weighted by Crippen LogP contribution is -2.42. The van der Waals surface area contributed by atoms with Gasteiger partial charge in [-0.15, -0.1) is 24.0 Å². The lowest BCUT2D eigenvalue weighted by molar-refractivity contribution is -0.127. The minimum atomic E-state index is 0. The van der Waals surface area contributed by atoms with E-state index >= 15 is 0 Å². The quantitative estimate of drug-likeness (QED) is 0.269. The number of carbonyl (C=O) groups is 1. The number of rotatable bonds is 7. The van der Waals surface area contributed by atoms with Crippen LogP contribution < -0.4 is 10.6 Å². The summed E-state index contributed by atoms with van der Waals surface area (Å²) in [6.45, 7) is 5.53. The van der Waals surface area contributed by atoms with Gasteiger partial charge >= 0.3 is 0 Å². The molecule has 134 valence electrons. The molecule has 2 aliphatic rings. The van der Waals surface area contributed by atoms with Crippen molar-refractivity contribution in [3.05, 3.63) is 0 Å². The Hall–Kier alpha value is -0.180. The third-order valence-corrected chi connectivity index (χ3v) is 5.53. The molecule has 0 aromatic carbocycles. The second-order valence-electron chi connectivity index (χ2n) is 6.11. The maximum atomic E-state index is 11.6. The number of thioether (sulfide) groups is 1. The summed E-state index contributed by atoms with van der Waals surface area (Å²) in [6.07, 6.45) is 8.66. The number of likely N-dealkylation sites (tertiary alicyclic amines) is 1. The number of nitrogens with zero attached hydrogens (tertiary/aromatic N) is 2. The largest absolute Gasteiger partial charge is 0.357 e. The van der Waals surface area contributed by atoms with Gasteiger partial charge < -0.3 is 15.5 Å². The van der Waals surface area contributed by atoms with E-state index in [4.69, 9.17) is 0 Å². The highest BCUT2D eigenvalue weighted by atomic mass is 127. The zero-order valence-corrected chi connectivity index (χ0v) is 17.5. The van der Waals surface area contributed by atoms with E-state index in [-0.39, 0.29) is 24.0 Å². The van der Waals surface area contributed by atoms with Crippen molar-refractivity contribution in [2.24, 2.45) is 4.99 Å². The van der Waals surface area contributed by atoms with Crippen molar-refractivity contribution in [1.29, 1.82) is 0 Å². The highest BCUT2D eigenvalue weighted by Crippen LogP contribution is 2.27. The molecule has 23 heavy (non-hydrogen) atoms. The number of hydrogen-bond acceptors (Lipinski definition) is 3. The maximum Gasteiger partial charge on any atom is 0.222 e. The van der Waals surface area contributed by atoms with Crippen LogP contribution in [0.3, 0.4) is 0 Å². The van der Waals surface area contributed by atoms with Gasteiger partial charge in [-0.2, -0.15) is 11.8 Å². The molecule has 1 saturated heterocycles. The lowest BCUT2D eigenvalue weighted by Gasteiger charge is -2.18. The Morgan fingerprint density at radius 1 is 1.43 bits per heavy atom. The van der Waals surface area contributed by atoms with Crippen LogP contribution in [-0.2, 0) is 4.79 Å². The number of halogens is 1. The van der Waals surface area contributed by atoms with Gasteiger partial charge in [0.1, 0.15) is 0 Å². The van der Waals surface area contributed by atoms with Crippen LogP contribution in [0.5, 0.6) is 0 Å². The van der Waals surface area contributed by atoms with Crippen molar-refractivity contribution < 1.29 is 4.79 Å². The molecule has 1 aliphatic heterocycles. The summed E-state index contributed by atoms with van der Waals surface area (Å²) in [5.41, 5.74) is 0. The molecule has 1 heterocycles. The van der Waals surface area contributed by atoms with E-state index < -0.39 is 0 Å². The molecule has 0 radical (unpaired) electrons. The first kappa shape index (κ1) is 20.9. The molecule has 0 aromatic rings. The fourth-order valence-electron chi connectivity index (χ4n) is 3.19. The Balaban J connectivity index is 0.00000264. The minimum Gasteiger partial charge on any atom is -0.357 e. The van der Waals surface area contributed by atoms with Gasteiger partial charge in [-0.3, -0.25) is 9.79 Å². The van der Waals surface area contributed by atoms with Gasteiger partial charge in [0.25, 0.3) is 0 Å². The predicted molar refractivity (Wildman–Crippen MR) is 110 cm³/mol. The lowest BCUT2D eigenvalue weighted by atomic mass is 10.2. The second-order valence-corrected chi connectivity index (χ2v) is 7.25. The topological polar surface area (TPSA) is 56.7 Å². The van der Waals surface area contributed by atoms with Gasteiger partial charge in [0.15, 0.2) is 5.96 Å². The molecule has 2 fully saturated rings. The molecule has 2 unspecified atom stereocenters. The Labute approximate surface area is 161 Å². The molecule has 5 nitrogen and oxygen atoms in total. The van der Waals surface area contributed by atoms with E-state index in [1.807, 2.05) is 16.7 Å². The minimum absolute atomic E-state index is 0. The molecule has 0 spiro atoms. The summed E-state index contributed by atoms with van der Waals surface area (Å²) < 4.78 is 0. The zero-order chi connectivity index (χ0) is 15.8. The standard InChI is InChI=1S/C16H30N4OS.HI/c1-3-17-16(19-13-7-8-14(12-13)22-2)18-9-5-11-20-10-4-6-15(20)21;/h13-14H,3-12H2,1-2H3,(H2,17,18,19);1H. The summed E-state index contributed by atoms with van der Waals surface area (Å²) >= 11 is 1.97. The van der Waals surface area contributed by atoms with Crippen molar-refractivity contribution in [3.63, 3.8) is 0 Å². The van der Waals surface area contributed by atoms with Gasteiger partial charge in [0, 0.05) is 43.9 Å². The van der Waals surface area contributed by atoms with Crippen LogP contribution in [-0.4, -0.2) is 60.5 Å². The third-order valence-electron chi connectivity index (χ3n) is 4.43. The van der Waals surface area contributed by atoms with Gasteiger partial charge in [-0.05, 0) is 45.3 Å². The van der Waals surface area contributed by atoms with Crippen molar-refractivity contribution in [1.82, 2.24) is 15.5 Å². The molecule has 2 rings (SSSR count). The van der Waals surface area contributed by atoms with Crippen LogP contribution in [0.15, 0.2) is 4.99 Å². The van der Waals surface area contributed by atoms with Gasteiger partial charge in [-0.1, -0.05) is 0 Å². The van der Waals surface area contributed by atoms with E-state index in [1.54, 1.807) is 0 Å². The summed E-state index contributed by atoms with van der Waals surface area (Å²) in [4.78, 5) is 18.2. The summed E-state index contributed by atoms with van der Waals surface area (Å²) in [5, 5.41) is 7.69. The van der Waals surface area contributed by atoms with Crippen LogP contribution in [0.25, 0.3) is 0 Å². The Kier molecular flexibility index (Phi) is 10.3. The van der Waals surface area contributed by atoms with Gasteiger partial charge in [-0.25, -0.2) is 0 Å². The predicted octanol–water partition coefficient (Wildman–Crippen LogP) is 2.46. The third kappa shape index (κ3) is 7.07. The molecule has 1 amide bonds. The Morgan fingerprint density at radius 3 is 2.87 bits per heavy atom. The fourth-order valence-corrected chi connectivity index (χ4v) is 3.99. The van der Waals surface area contributed by atoms with Crippen molar-refractivity contribution in [3.8, 4) is 0 Å². The number of nitrogens with one attached hydrogen (secondary N) is 2. The maximum absolute atomic E-state index is 11.6. The van der Waals surface area contributed by atoms with Crippen LogP contribution in [0, 0.1) is 0 Å². The molecule has 2 N–H and O–H groups in total. The average Bonchev–Trinajstić information content (AvgIpc) is 3.13. The van der Waals surface area contributed by atoms with Crippen LogP contribution in [0.2, 0.25) is 0 Å². The number of aliphatic imine (C=N–C) groups is 1. The van der Waals surface area contributed by atoms with E-state index in [0.29, 0.717) is 11.9 Å². The monoisotopic (exact) mass is 454 g/mol. The molecular weight excluding hydrogens is 423 g/mol. The van der Waals surface area contributed by atoms with Gasteiger partial charge in [0.2, 0.25) is 5.91 Å². The van der Waals surface area contributed by atoms with E-state index in [0.717, 1.165) is 56.7 Å². The van der Waals surface area contributed by atoms with E-state index in [9.17, 15) is 4.79 Å². The first-order valence-corrected chi connectivity index (χ1v) is 9.87. The van der Waals surface area contributed by atoms with E-state index in [1.165, 1.54) is 19.3 Å².